The molecule has 0 radical (unpaired) electrons. The van der Waals surface area contributed by atoms with Crippen LogP contribution in [0.3, 0.4) is 0 Å². The van der Waals surface area contributed by atoms with E-state index < -0.39 is 0 Å². The lowest BCUT2D eigenvalue weighted by molar-refractivity contribution is 0.0867. The zero-order valence-corrected chi connectivity index (χ0v) is 20.2. The number of ether oxygens (including phenoxy) is 2. The van der Waals surface area contributed by atoms with Crippen LogP contribution in [0.15, 0.2) is 66.7 Å². The molecule has 0 aromatic heterocycles. The van der Waals surface area contributed by atoms with Crippen molar-refractivity contribution in [3.8, 4) is 5.75 Å². The summed E-state index contributed by atoms with van der Waals surface area (Å²) in [5, 5.41) is 0. The molecule has 0 fully saturated rings. The number of rotatable bonds is 9. The van der Waals surface area contributed by atoms with Crippen LogP contribution in [0.2, 0.25) is 0 Å². The summed E-state index contributed by atoms with van der Waals surface area (Å²) in [6, 6.07) is 21.0. The maximum Gasteiger partial charge on any atom is 0.266 e. The van der Waals surface area contributed by atoms with Crippen LogP contribution in [-0.4, -0.2) is 25.0 Å². The Hall–Kier alpha value is -3.44. The Labute approximate surface area is 201 Å². The van der Waals surface area contributed by atoms with Gasteiger partial charge in [0.2, 0.25) is 0 Å². The molecule has 1 aliphatic heterocycles. The predicted molar refractivity (Wildman–Crippen MR) is 134 cm³/mol. The van der Waals surface area contributed by atoms with Gasteiger partial charge in [0.25, 0.3) is 11.8 Å². The normalized spacial score (nSPS) is 13.2. The number of amides is 2. The Morgan fingerprint density at radius 2 is 1.38 bits per heavy atom. The number of benzene rings is 3. The average Bonchev–Trinajstić information content (AvgIpc) is 3.09. The number of hydrogen-bond donors (Lipinski definition) is 0. The van der Waals surface area contributed by atoms with Crippen molar-refractivity contribution in [3.63, 3.8) is 0 Å². The first-order valence-electron chi connectivity index (χ1n) is 11.8. The van der Waals surface area contributed by atoms with E-state index in [1.165, 1.54) is 4.90 Å². The standard InChI is InChI=1S/C29H31NO4/c1-19(2)23-13-9-14-24(20(3)4)27(23)30-28(31)25-15-8-10-21(26(25)29(30)32)18-33-16-17-34-22-11-6-5-7-12-22/h5-15,19-20H,16-18H2,1-4H3. The number of carbonyl (C=O) groups excluding carboxylic acids is 2. The summed E-state index contributed by atoms with van der Waals surface area (Å²) < 4.78 is 11.5. The van der Waals surface area contributed by atoms with Gasteiger partial charge in [0.15, 0.2) is 0 Å². The van der Waals surface area contributed by atoms with Gasteiger partial charge in [-0.2, -0.15) is 0 Å². The molecule has 5 heteroatoms. The Morgan fingerprint density at radius 1 is 0.735 bits per heavy atom. The number of nitrogens with zero attached hydrogens (tertiary/aromatic N) is 1. The molecule has 0 bridgehead atoms. The van der Waals surface area contributed by atoms with Crippen molar-refractivity contribution in [1.29, 1.82) is 0 Å². The molecular formula is C29H31NO4. The minimum Gasteiger partial charge on any atom is -0.491 e. The average molecular weight is 458 g/mol. The third kappa shape index (κ3) is 4.62. The summed E-state index contributed by atoms with van der Waals surface area (Å²) in [6.07, 6.45) is 0. The predicted octanol–water partition coefficient (Wildman–Crippen LogP) is 6.33. The van der Waals surface area contributed by atoms with Gasteiger partial charge in [-0.05, 0) is 46.7 Å². The molecule has 0 saturated carbocycles. The van der Waals surface area contributed by atoms with Crippen molar-refractivity contribution < 1.29 is 19.1 Å². The Balaban J connectivity index is 1.56. The SMILES string of the molecule is CC(C)c1cccc(C(C)C)c1N1C(=O)c2cccc(COCCOc3ccccc3)c2C1=O. The van der Waals surface area contributed by atoms with Crippen molar-refractivity contribution in [1.82, 2.24) is 0 Å². The summed E-state index contributed by atoms with van der Waals surface area (Å²) in [5.41, 5.74) is 4.30. The van der Waals surface area contributed by atoms with Gasteiger partial charge < -0.3 is 9.47 Å². The van der Waals surface area contributed by atoms with Crippen LogP contribution >= 0.6 is 0 Å². The van der Waals surface area contributed by atoms with Crippen LogP contribution in [0, 0.1) is 0 Å². The third-order valence-electron chi connectivity index (χ3n) is 6.06. The van der Waals surface area contributed by atoms with Gasteiger partial charge in [0.05, 0.1) is 30.0 Å². The topological polar surface area (TPSA) is 55.8 Å². The molecule has 0 N–H and O–H groups in total. The molecule has 34 heavy (non-hydrogen) atoms. The monoisotopic (exact) mass is 457 g/mol. The van der Waals surface area contributed by atoms with Crippen LogP contribution in [0.5, 0.6) is 5.75 Å². The molecule has 4 rings (SSSR count). The lowest BCUT2D eigenvalue weighted by Crippen LogP contribution is -2.32. The molecule has 1 aliphatic rings. The van der Waals surface area contributed by atoms with E-state index in [2.05, 4.69) is 27.7 Å². The number of fused-ring (bicyclic) bond motifs is 1. The summed E-state index contributed by atoms with van der Waals surface area (Å²) >= 11 is 0. The number of anilines is 1. The molecular weight excluding hydrogens is 426 g/mol. The summed E-state index contributed by atoms with van der Waals surface area (Å²) in [7, 11) is 0. The van der Waals surface area contributed by atoms with Crippen molar-refractivity contribution in [3.05, 3.63) is 94.5 Å². The Bertz CT molecular complexity index is 1160. The highest BCUT2D eigenvalue weighted by Crippen LogP contribution is 2.40. The molecule has 1 heterocycles. The molecule has 0 aliphatic carbocycles. The zero-order chi connectivity index (χ0) is 24.2. The summed E-state index contributed by atoms with van der Waals surface area (Å²) in [4.78, 5) is 28.5. The highest BCUT2D eigenvalue weighted by molar-refractivity contribution is 6.35. The van der Waals surface area contributed by atoms with E-state index in [1.54, 1.807) is 6.07 Å². The molecule has 0 saturated heterocycles. The fourth-order valence-corrected chi connectivity index (χ4v) is 4.37. The van der Waals surface area contributed by atoms with Gasteiger partial charge in [-0.3, -0.25) is 9.59 Å². The van der Waals surface area contributed by atoms with E-state index in [4.69, 9.17) is 9.47 Å². The van der Waals surface area contributed by atoms with Crippen LogP contribution in [0.25, 0.3) is 0 Å². The minimum atomic E-state index is -0.283. The third-order valence-corrected chi connectivity index (χ3v) is 6.06. The van der Waals surface area contributed by atoms with Gasteiger partial charge in [-0.1, -0.05) is 76.2 Å². The lowest BCUT2D eigenvalue weighted by atomic mass is 9.92. The quantitative estimate of drug-likeness (QED) is 0.278. The van der Waals surface area contributed by atoms with Crippen LogP contribution in [0.1, 0.15) is 76.9 Å². The van der Waals surface area contributed by atoms with E-state index in [1.807, 2.05) is 60.7 Å². The van der Waals surface area contributed by atoms with E-state index in [-0.39, 0.29) is 30.3 Å². The van der Waals surface area contributed by atoms with Crippen LogP contribution in [-0.2, 0) is 11.3 Å². The summed E-state index contributed by atoms with van der Waals surface area (Å²) in [5.74, 6) is 0.572. The first-order valence-corrected chi connectivity index (χ1v) is 11.8. The zero-order valence-electron chi connectivity index (χ0n) is 20.2. The van der Waals surface area contributed by atoms with Gasteiger partial charge in [0, 0.05) is 0 Å². The second kappa shape index (κ2) is 10.2. The molecule has 0 spiro atoms. The molecule has 3 aromatic carbocycles. The largest absolute Gasteiger partial charge is 0.491 e. The smallest absolute Gasteiger partial charge is 0.266 e. The van der Waals surface area contributed by atoms with Gasteiger partial charge in [0.1, 0.15) is 12.4 Å². The number of carbonyl (C=O) groups is 2. The first-order chi connectivity index (χ1) is 16.4. The van der Waals surface area contributed by atoms with Crippen molar-refractivity contribution in [2.45, 2.75) is 46.1 Å². The van der Waals surface area contributed by atoms with Gasteiger partial charge >= 0.3 is 0 Å². The maximum absolute atomic E-state index is 13.7. The second-order valence-electron chi connectivity index (χ2n) is 9.09. The van der Waals surface area contributed by atoms with E-state index in [0.717, 1.165) is 22.6 Å². The Morgan fingerprint density at radius 3 is 2.03 bits per heavy atom. The summed E-state index contributed by atoms with van der Waals surface area (Å²) in [6.45, 7) is 9.33. The van der Waals surface area contributed by atoms with E-state index in [0.29, 0.717) is 29.9 Å². The second-order valence-corrected chi connectivity index (χ2v) is 9.09. The van der Waals surface area contributed by atoms with Gasteiger partial charge in [-0.15, -0.1) is 0 Å². The van der Waals surface area contributed by atoms with Crippen molar-refractivity contribution in [2.75, 3.05) is 18.1 Å². The molecule has 2 amide bonds. The van der Waals surface area contributed by atoms with Crippen molar-refractivity contribution >= 4 is 17.5 Å². The fraction of sp³-hybridized carbons (Fsp3) is 0.310. The minimum absolute atomic E-state index is 0.172. The highest BCUT2D eigenvalue weighted by atomic mass is 16.5. The molecule has 3 aromatic rings. The van der Waals surface area contributed by atoms with E-state index >= 15 is 0 Å². The van der Waals surface area contributed by atoms with Crippen molar-refractivity contribution in [2.24, 2.45) is 0 Å². The Kier molecular flexibility index (Phi) is 7.13. The van der Waals surface area contributed by atoms with Gasteiger partial charge in [-0.25, -0.2) is 4.90 Å². The molecule has 0 atom stereocenters. The molecule has 176 valence electrons. The van der Waals surface area contributed by atoms with E-state index in [9.17, 15) is 9.59 Å². The maximum atomic E-state index is 13.7. The fourth-order valence-electron chi connectivity index (χ4n) is 4.37. The van der Waals surface area contributed by atoms with Crippen LogP contribution in [0.4, 0.5) is 5.69 Å². The first kappa shape index (κ1) is 23.7. The number of imide groups is 1. The number of hydrogen-bond acceptors (Lipinski definition) is 4. The highest BCUT2D eigenvalue weighted by Gasteiger charge is 2.40. The molecule has 5 nitrogen and oxygen atoms in total. The van der Waals surface area contributed by atoms with Crippen LogP contribution < -0.4 is 9.64 Å². The molecule has 0 unspecified atom stereocenters. The lowest BCUT2D eigenvalue weighted by Gasteiger charge is -2.25. The number of para-hydroxylation sites is 2.